The third-order valence-corrected chi connectivity index (χ3v) is 24.6. The first-order valence-corrected chi connectivity index (χ1v) is 19.9. The molecule has 0 unspecified atom stereocenters. The number of rotatable bonds is 1. The average molecular weight is 550 g/mol. The summed E-state index contributed by atoms with van der Waals surface area (Å²) in [6.45, 7) is 40.8. The molecule has 0 aromatic rings. The molecule has 0 saturated carbocycles. The van der Waals surface area contributed by atoms with E-state index in [2.05, 4.69) is 125 Å². The minimum atomic E-state index is -2.10. The van der Waals surface area contributed by atoms with Crippen molar-refractivity contribution in [2.45, 2.75) is 155 Å². The van der Waals surface area contributed by atoms with Gasteiger partial charge < -0.3 is 5.40 Å². The predicted octanol–water partition coefficient (Wildman–Crippen LogP) is 11.8. The van der Waals surface area contributed by atoms with E-state index >= 15 is 0 Å². The molecular formula is C24H55Cl2N2Si2V-. The summed E-state index contributed by atoms with van der Waals surface area (Å²) in [6, 6.07) is 0. The van der Waals surface area contributed by atoms with Crippen molar-refractivity contribution in [3.05, 3.63) is 5.40 Å². The van der Waals surface area contributed by atoms with Crippen LogP contribution in [0.15, 0.2) is 3.46 Å². The zero-order chi connectivity index (χ0) is 26.3. The van der Waals surface area contributed by atoms with Crippen molar-refractivity contribution in [2.24, 2.45) is 3.46 Å². The summed E-state index contributed by atoms with van der Waals surface area (Å²) in [6.07, 6.45) is 0. The molecule has 1 N–H and O–H groups in total. The molecule has 0 saturated heterocycles. The fraction of sp³-hybridized carbons (Fsp3) is 1.00. The number of hydrogen-bond donors (Lipinski definition) is 0. The van der Waals surface area contributed by atoms with Crippen molar-refractivity contribution in [2.75, 3.05) is 0 Å². The molecule has 2 nitrogen and oxygen atoms in total. The molecule has 0 rings (SSSR count). The fourth-order valence-corrected chi connectivity index (χ4v) is 30.0. The summed E-state index contributed by atoms with van der Waals surface area (Å²) in [5.74, 6) is 0. The zero-order valence-corrected chi connectivity index (χ0v) is 29.1. The quantitative estimate of drug-likeness (QED) is 0.292. The van der Waals surface area contributed by atoms with Gasteiger partial charge >= 0.3 is 122 Å². The van der Waals surface area contributed by atoms with E-state index in [1.807, 2.05) is 0 Å². The van der Waals surface area contributed by atoms with E-state index in [1.54, 1.807) is 0 Å². The SMILES string of the molecule is CC(C)(C)[Si]([NH-])(C(C)(C)C)C(C)(C)C.CC(C)(C)[Si]([N]=[V]([Cl])[Cl])(C(C)(C)C)C(C)(C)C. The maximum absolute atomic E-state index is 9.01. The molecule has 31 heavy (non-hydrogen) atoms. The van der Waals surface area contributed by atoms with Crippen LogP contribution < -0.4 is 0 Å². The second kappa shape index (κ2) is 10.2. The molecule has 7 heteroatoms. The third kappa shape index (κ3) is 7.42. The van der Waals surface area contributed by atoms with E-state index in [1.165, 1.54) is 0 Å². The topological polar surface area (TPSA) is 36.2 Å². The molecule has 189 valence electrons. The molecule has 0 aliphatic rings. The van der Waals surface area contributed by atoms with Crippen LogP contribution in [0.1, 0.15) is 125 Å². The second-order valence-electron chi connectivity index (χ2n) is 15.3. The Morgan fingerprint density at radius 1 is 0.484 bits per heavy atom. The van der Waals surface area contributed by atoms with Gasteiger partial charge in [-0.15, -0.1) is 0 Å². The normalized spacial score (nSPS) is 15.3. The average Bonchev–Trinajstić information content (AvgIpc) is 2.36. The van der Waals surface area contributed by atoms with Crippen molar-refractivity contribution in [1.82, 2.24) is 0 Å². The summed E-state index contributed by atoms with van der Waals surface area (Å²) in [5, 5.41) is 9.86. The van der Waals surface area contributed by atoms with Crippen LogP contribution in [0.2, 0.25) is 30.2 Å². The van der Waals surface area contributed by atoms with Gasteiger partial charge in [-0.25, -0.2) is 0 Å². The number of halogens is 2. The Hall–Kier alpha value is 1.36. The van der Waals surface area contributed by atoms with E-state index < -0.39 is 29.5 Å². The predicted molar refractivity (Wildman–Crippen MR) is 148 cm³/mol. The van der Waals surface area contributed by atoms with Crippen molar-refractivity contribution in [3.8, 4) is 0 Å². The van der Waals surface area contributed by atoms with Crippen LogP contribution in [-0.2, 0) is 13.1 Å². The van der Waals surface area contributed by atoms with Gasteiger partial charge in [0.1, 0.15) is 0 Å². The molecule has 0 aliphatic carbocycles. The van der Waals surface area contributed by atoms with Crippen LogP contribution in [0, 0.1) is 0 Å². The molecule has 0 aliphatic heterocycles. The van der Waals surface area contributed by atoms with E-state index in [4.69, 9.17) is 28.6 Å². The second-order valence-corrected chi connectivity index (χ2v) is 32.4. The molecule has 0 aromatic carbocycles. The van der Waals surface area contributed by atoms with Crippen molar-refractivity contribution < 1.29 is 13.1 Å². The van der Waals surface area contributed by atoms with E-state index in [-0.39, 0.29) is 30.2 Å². The monoisotopic (exact) mass is 548 g/mol. The van der Waals surface area contributed by atoms with E-state index in [9.17, 15) is 0 Å². The molecule has 0 spiro atoms. The van der Waals surface area contributed by atoms with Crippen LogP contribution in [0.5, 0.6) is 0 Å². The van der Waals surface area contributed by atoms with Crippen LogP contribution >= 0.6 is 19.7 Å². The summed E-state index contributed by atoms with van der Waals surface area (Å²) in [5.41, 5.74) is 0. The van der Waals surface area contributed by atoms with Gasteiger partial charge in [0.05, 0.1) is 0 Å². The Morgan fingerprint density at radius 3 is 0.710 bits per heavy atom. The van der Waals surface area contributed by atoms with Crippen molar-refractivity contribution in [1.29, 1.82) is 0 Å². The van der Waals surface area contributed by atoms with Gasteiger partial charge in [0.25, 0.3) is 0 Å². The summed E-state index contributed by atoms with van der Waals surface area (Å²) < 4.78 is 5.04. The van der Waals surface area contributed by atoms with Crippen molar-refractivity contribution in [3.63, 3.8) is 0 Å². The summed E-state index contributed by atoms with van der Waals surface area (Å²) >= 11 is -2.03. The molecule has 0 aromatic heterocycles. The Labute approximate surface area is 211 Å². The Balaban J connectivity index is 0. The number of hydrogen-bond acceptors (Lipinski definition) is 1. The minimum absolute atomic E-state index is 0.128. The first kappa shape index (κ1) is 34.5. The fourth-order valence-electron chi connectivity index (χ4n) is 7.31. The zero-order valence-electron chi connectivity index (χ0n) is 24.2. The Bertz CT molecular complexity index is 545. The molecule has 0 amide bonds. The van der Waals surface area contributed by atoms with Crippen LogP contribution in [0.4, 0.5) is 0 Å². The van der Waals surface area contributed by atoms with Crippen LogP contribution in [0.3, 0.4) is 0 Å². The molecule has 0 bridgehead atoms. The number of nitrogens with one attached hydrogen (secondary N) is 1. The maximum atomic E-state index is 9.01. The van der Waals surface area contributed by atoms with Gasteiger partial charge in [0, 0.05) is 0 Å². The Morgan fingerprint density at radius 2 is 0.677 bits per heavy atom. The van der Waals surface area contributed by atoms with Gasteiger partial charge in [0.2, 0.25) is 0 Å². The summed E-state index contributed by atoms with van der Waals surface area (Å²) in [7, 11) is 8.18. The standard InChI is InChI=1S/C12H28NSi.C12H27NSi.2ClH.V/c2*1-10(2,3)14(13,11(4,5)6)12(7,8)9;;;/h13H,1-9H3;1-9H3;2*1H;/q-1;;;;+2/p-2. The molecule has 0 heterocycles. The van der Waals surface area contributed by atoms with Gasteiger partial charge in [-0.2, -0.15) is 0 Å². The molecule has 0 fully saturated rings. The number of nitrogens with zero attached hydrogens (tertiary/aromatic N) is 1. The first-order chi connectivity index (χ1) is 12.9. The van der Waals surface area contributed by atoms with E-state index in [0.717, 1.165) is 0 Å². The molecular weight excluding hydrogens is 494 g/mol. The van der Waals surface area contributed by atoms with Gasteiger partial charge in [0.15, 0.2) is 0 Å². The van der Waals surface area contributed by atoms with Gasteiger partial charge in [-0.1, -0.05) is 77.4 Å². The van der Waals surface area contributed by atoms with Crippen molar-refractivity contribution >= 4 is 36.2 Å². The first-order valence-electron chi connectivity index (χ1n) is 11.5. The van der Waals surface area contributed by atoms with Crippen LogP contribution in [0.25, 0.3) is 5.40 Å². The summed E-state index contributed by atoms with van der Waals surface area (Å²) in [4.78, 5) is 0. The molecule has 0 atom stereocenters. The Kier molecular flexibility index (Phi) is 11.3. The van der Waals surface area contributed by atoms with E-state index in [0.29, 0.717) is 0 Å². The van der Waals surface area contributed by atoms with Gasteiger partial charge in [-0.3, -0.25) is 0 Å². The van der Waals surface area contributed by atoms with Gasteiger partial charge in [-0.05, 0) is 8.24 Å². The molecule has 0 radical (unpaired) electrons. The van der Waals surface area contributed by atoms with Crippen LogP contribution in [-0.4, -0.2) is 16.5 Å². The third-order valence-electron chi connectivity index (χ3n) is 6.86.